The summed E-state index contributed by atoms with van der Waals surface area (Å²) in [4.78, 5) is 23.9. The highest BCUT2D eigenvalue weighted by molar-refractivity contribution is 6.03. The Morgan fingerprint density at radius 1 is 1.29 bits per heavy atom. The van der Waals surface area contributed by atoms with Crippen molar-refractivity contribution in [2.24, 2.45) is 0 Å². The summed E-state index contributed by atoms with van der Waals surface area (Å²) in [5, 5.41) is 12.2. The zero-order valence-electron chi connectivity index (χ0n) is 13.8. The Morgan fingerprint density at radius 2 is 1.96 bits per heavy atom. The van der Waals surface area contributed by atoms with Gasteiger partial charge in [0.1, 0.15) is 0 Å². The lowest BCUT2D eigenvalue weighted by atomic mass is 9.91. The number of nitrogens with one attached hydrogen (secondary N) is 1. The molecule has 0 spiro atoms. The van der Waals surface area contributed by atoms with E-state index in [4.69, 9.17) is 18.9 Å². The fraction of sp³-hybridized carbons (Fsp3) is 0.375. The van der Waals surface area contributed by atoms with Gasteiger partial charge in [-0.15, -0.1) is 0 Å². The molecule has 0 aromatic heterocycles. The average molecular weight is 337 g/mol. The van der Waals surface area contributed by atoms with Gasteiger partial charge in [-0.1, -0.05) is 6.07 Å². The Morgan fingerprint density at radius 3 is 2.54 bits per heavy atom. The summed E-state index contributed by atoms with van der Waals surface area (Å²) in [6.07, 6.45) is -0.830. The molecule has 0 radical (unpaired) electrons. The summed E-state index contributed by atoms with van der Waals surface area (Å²) in [5.74, 6) is -0.839. The normalized spacial score (nSPS) is 19.8. The second-order valence-electron chi connectivity index (χ2n) is 5.06. The van der Waals surface area contributed by atoms with Crippen molar-refractivity contribution in [1.82, 2.24) is 5.32 Å². The minimum Gasteiger partial charge on any atom is -0.501 e. The molecule has 0 aliphatic carbocycles. The van der Waals surface area contributed by atoms with Crippen LogP contribution in [-0.2, 0) is 19.9 Å². The maximum atomic E-state index is 12.4. The van der Waals surface area contributed by atoms with Gasteiger partial charge in [-0.3, -0.25) is 10.1 Å². The van der Waals surface area contributed by atoms with E-state index in [1.165, 1.54) is 21.1 Å². The van der Waals surface area contributed by atoms with Crippen molar-refractivity contribution in [2.75, 3.05) is 20.8 Å². The Balaban J connectivity index is 2.32. The molecule has 1 heterocycles. The first kappa shape index (κ1) is 17.5. The summed E-state index contributed by atoms with van der Waals surface area (Å²) < 4.78 is 20.6. The predicted molar refractivity (Wildman–Crippen MR) is 82.8 cm³/mol. The van der Waals surface area contributed by atoms with Crippen molar-refractivity contribution in [3.63, 3.8) is 0 Å². The molecular formula is C16H19NO7. The molecule has 0 saturated heterocycles. The highest BCUT2D eigenvalue weighted by atomic mass is 16.6. The Kier molecular flexibility index (Phi) is 4.87. The number of ketones is 1. The summed E-state index contributed by atoms with van der Waals surface area (Å²) in [6.45, 7) is 3.25. The number of benzene rings is 1. The zero-order valence-corrected chi connectivity index (χ0v) is 13.8. The number of aliphatic hydroxyl groups excluding tert-OH is 1. The maximum absolute atomic E-state index is 12.4. The lowest BCUT2D eigenvalue weighted by molar-refractivity contribution is -0.131. The van der Waals surface area contributed by atoms with E-state index in [9.17, 15) is 14.7 Å². The van der Waals surface area contributed by atoms with E-state index in [-0.39, 0.29) is 12.5 Å². The molecule has 1 amide bonds. The molecular weight excluding hydrogens is 318 g/mol. The van der Waals surface area contributed by atoms with Gasteiger partial charge < -0.3 is 24.1 Å². The predicted octanol–water partition coefficient (Wildman–Crippen LogP) is 1.99. The highest BCUT2D eigenvalue weighted by Crippen LogP contribution is 2.40. The van der Waals surface area contributed by atoms with Crippen LogP contribution in [0.2, 0.25) is 0 Å². The third-order valence-corrected chi connectivity index (χ3v) is 3.60. The molecule has 2 N–H and O–H groups in total. The molecule has 8 nitrogen and oxygen atoms in total. The molecule has 2 rings (SSSR count). The van der Waals surface area contributed by atoms with Gasteiger partial charge in [0.2, 0.25) is 11.6 Å². The topological polar surface area (TPSA) is 103 Å². The van der Waals surface area contributed by atoms with Crippen molar-refractivity contribution >= 4 is 11.9 Å². The van der Waals surface area contributed by atoms with Crippen LogP contribution >= 0.6 is 0 Å². The van der Waals surface area contributed by atoms with Crippen molar-refractivity contribution < 1.29 is 33.6 Å². The number of aliphatic hydroxyl groups is 1. The highest BCUT2D eigenvalue weighted by Gasteiger charge is 2.48. The van der Waals surface area contributed by atoms with Gasteiger partial charge in [0.05, 0.1) is 20.8 Å². The first-order chi connectivity index (χ1) is 11.4. The Bertz CT molecular complexity index is 698. The fourth-order valence-electron chi connectivity index (χ4n) is 2.30. The molecule has 1 unspecified atom stereocenters. The molecule has 24 heavy (non-hydrogen) atoms. The van der Waals surface area contributed by atoms with Crippen molar-refractivity contribution in [3.8, 4) is 11.5 Å². The molecule has 1 aliphatic heterocycles. The first-order valence-electron chi connectivity index (χ1n) is 7.20. The van der Waals surface area contributed by atoms with Crippen LogP contribution in [0.3, 0.4) is 0 Å². The van der Waals surface area contributed by atoms with E-state index in [0.29, 0.717) is 17.1 Å². The first-order valence-corrected chi connectivity index (χ1v) is 7.20. The monoisotopic (exact) mass is 337 g/mol. The van der Waals surface area contributed by atoms with Crippen LogP contribution in [0.25, 0.3) is 0 Å². The number of carbonyl (C=O) groups is 2. The van der Waals surface area contributed by atoms with Crippen molar-refractivity contribution in [2.45, 2.75) is 19.4 Å². The third-order valence-electron chi connectivity index (χ3n) is 3.60. The van der Waals surface area contributed by atoms with E-state index in [1.807, 2.05) is 0 Å². The van der Waals surface area contributed by atoms with Gasteiger partial charge in [0, 0.05) is 5.56 Å². The summed E-state index contributed by atoms with van der Waals surface area (Å²) in [7, 11) is 2.95. The van der Waals surface area contributed by atoms with Crippen LogP contribution < -0.4 is 14.8 Å². The number of amides is 1. The second-order valence-corrected chi connectivity index (χ2v) is 5.06. The van der Waals surface area contributed by atoms with E-state index in [1.54, 1.807) is 25.1 Å². The standard InChI is InChI=1S/C16H19NO7/c1-5-23-15(20)17-14-12(18)13(19)16(2,24-14)9-6-7-10(21-3)11(8-9)22-4/h6-8,18H,5H2,1-4H3,(H,17,20). The van der Waals surface area contributed by atoms with Crippen LogP contribution in [0.4, 0.5) is 4.79 Å². The van der Waals surface area contributed by atoms with Crippen LogP contribution in [0.1, 0.15) is 19.4 Å². The molecule has 130 valence electrons. The molecule has 0 saturated carbocycles. The van der Waals surface area contributed by atoms with Gasteiger partial charge in [-0.2, -0.15) is 0 Å². The number of Topliss-reactive ketones (excluding diaryl/α,β-unsaturated/α-hetero) is 1. The number of carbonyl (C=O) groups excluding carboxylic acids is 2. The average Bonchev–Trinajstić information content (AvgIpc) is 2.79. The van der Waals surface area contributed by atoms with E-state index < -0.39 is 23.2 Å². The van der Waals surface area contributed by atoms with Crippen LogP contribution in [0.5, 0.6) is 11.5 Å². The maximum Gasteiger partial charge on any atom is 0.414 e. The van der Waals surface area contributed by atoms with E-state index in [0.717, 1.165) is 0 Å². The minimum absolute atomic E-state index is 0.140. The molecule has 1 aromatic carbocycles. The summed E-state index contributed by atoms with van der Waals surface area (Å²) in [6, 6.07) is 4.79. The van der Waals surface area contributed by atoms with Gasteiger partial charge >= 0.3 is 6.09 Å². The van der Waals surface area contributed by atoms with Gasteiger partial charge in [-0.05, 0) is 26.0 Å². The molecule has 1 atom stereocenters. The lowest BCUT2D eigenvalue weighted by Gasteiger charge is -2.24. The molecule has 1 aliphatic rings. The van der Waals surface area contributed by atoms with Crippen LogP contribution in [-0.4, -0.2) is 37.8 Å². The number of alkyl carbamates (subject to hydrolysis) is 1. The quantitative estimate of drug-likeness (QED) is 0.847. The Hall–Kier alpha value is -2.90. The van der Waals surface area contributed by atoms with Crippen molar-refractivity contribution in [3.05, 3.63) is 35.4 Å². The Labute approximate surface area is 139 Å². The third kappa shape index (κ3) is 2.94. The molecule has 0 bridgehead atoms. The van der Waals surface area contributed by atoms with E-state index in [2.05, 4.69) is 5.32 Å². The SMILES string of the molecule is CCOC(=O)NC1=C(O)C(=O)C(C)(c2ccc(OC)c(OC)c2)O1. The van der Waals surface area contributed by atoms with Crippen molar-refractivity contribution in [1.29, 1.82) is 0 Å². The molecule has 0 fully saturated rings. The second kappa shape index (κ2) is 6.69. The van der Waals surface area contributed by atoms with Gasteiger partial charge in [0.15, 0.2) is 17.1 Å². The summed E-state index contributed by atoms with van der Waals surface area (Å²) >= 11 is 0. The smallest absolute Gasteiger partial charge is 0.414 e. The van der Waals surface area contributed by atoms with Gasteiger partial charge in [0.25, 0.3) is 5.78 Å². The van der Waals surface area contributed by atoms with E-state index >= 15 is 0 Å². The minimum atomic E-state index is -1.52. The van der Waals surface area contributed by atoms with Crippen LogP contribution in [0.15, 0.2) is 29.8 Å². The lowest BCUT2D eigenvalue weighted by Crippen LogP contribution is -2.32. The largest absolute Gasteiger partial charge is 0.501 e. The number of rotatable bonds is 5. The number of hydrogen-bond donors (Lipinski definition) is 2. The number of ether oxygens (including phenoxy) is 4. The number of hydrogen-bond acceptors (Lipinski definition) is 7. The molecule has 1 aromatic rings. The number of methoxy groups -OCH3 is 2. The zero-order chi connectivity index (χ0) is 17.9. The van der Waals surface area contributed by atoms with Crippen LogP contribution in [0, 0.1) is 0 Å². The summed E-state index contributed by atoms with van der Waals surface area (Å²) in [5.41, 5.74) is -1.09. The fourth-order valence-corrected chi connectivity index (χ4v) is 2.30. The molecule has 8 heteroatoms. The van der Waals surface area contributed by atoms with Gasteiger partial charge in [-0.25, -0.2) is 4.79 Å².